The predicted octanol–water partition coefficient (Wildman–Crippen LogP) is 6.27. The molecule has 0 saturated heterocycles. The summed E-state index contributed by atoms with van der Waals surface area (Å²) < 4.78 is 23.9. The van der Waals surface area contributed by atoms with Gasteiger partial charge in [-0.25, -0.2) is 9.59 Å². The SMILES string of the molecule is C=C(C)C(=O)OC(CC)COc1c2c(c(OCC(CC)OC(=O)C(=C)C)c3ccccc13)CCCC2. The maximum Gasteiger partial charge on any atom is 0.333 e. The van der Waals surface area contributed by atoms with E-state index in [9.17, 15) is 9.59 Å². The van der Waals surface area contributed by atoms with E-state index >= 15 is 0 Å². The molecule has 0 heterocycles. The first kappa shape index (κ1) is 27.3. The molecule has 2 aromatic carbocycles. The number of benzene rings is 2. The van der Waals surface area contributed by atoms with E-state index in [0.29, 0.717) is 24.0 Å². The molecule has 0 radical (unpaired) electrons. The summed E-state index contributed by atoms with van der Waals surface area (Å²) in [6.45, 7) is 15.1. The second-order valence-electron chi connectivity index (χ2n) is 9.42. The third kappa shape index (κ3) is 6.48. The van der Waals surface area contributed by atoms with E-state index < -0.39 is 11.9 Å². The first-order valence-corrected chi connectivity index (χ1v) is 12.8. The van der Waals surface area contributed by atoms with Crippen molar-refractivity contribution in [2.24, 2.45) is 0 Å². The second kappa shape index (κ2) is 12.6. The third-order valence-corrected chi connectivity index (χ3v) is 6.41. The van der Waals surface area contributed by atoms with Crippen LogP contribution in [0.25, 0.3) is 10.8 Å². The van der Waals surface area contributed by atoms with Gasteiger partial charge in [0.1, 0.15) is 36.9 Å². The van der Waals surface area contributed by atoms with Crippen LogP contribution in [0.4, 0.5) is 0 Å². The highest BCUT2D eigenvalue weighted by molar-refractivity contribution is 5.96. The monoisotopic (exact) mass is 494 g/mol. The summed E-state index contributed by atoms with van der Waals surface area (Å²) in [4.78, 5) is 24.1. The molecule has 194 valence electrons. The Bertz CT molecular complexity index is 1040. The van der Waals surface area contributed by atoms with Crippen LogP contribution in [-0.2, 0) is 31.9 Å². The molecular formula is C30H38O6. The van der Waals surface area contributed by atoms with Crippen LogP contribution >= 0.6 is 0 Å². The number of carbonyl (C=O) groups excluding carboxylic acids is 2. The molecule has 0 bridgehead atoms. The van der Waals surface area contributed by atoms with Crippen molar-refractivity contribution in [2.75, 3.05) is 13.2 Å². The molecule has 36 heavy (non-hydrogen) atoms. The Kier molecular flexibility index (Phi) is 9.57. The fraction of sp³-hybridized carbons (Fsp3) is 0.467. The largest absolute Gasteiger partial charge is 0.489 e. The average molecular weight is 495 g/mol. The molecule has 0 saturated carbocycles. The first-order valence-electron chi connectivity index (χ1n) is 12.8. The quantitative estimate of drug-likeness (QED) is 0.256. The molecule has 0 spiro atoms. The average Bonchev–Trinajstić information content (AvgIpc) is 2.88. The molecule has 0 fully saturated rings. The molecule has 1 aliphatic rings. The van der Waals surface area contributed by atoms with Gasteiger partial charge in [-0.2, -0.15) is 0 Å². The molecule has 6 nitrogen and oxygen atoms in total. The van der Waals surface area contributed by atoms with Gasteiger partial charge in [-0.05, 0) is 52.4 Å². The van der Waals surface area contributed by atoms with Crippen LogP contribution < -0.4 is 9.47 Å². The van der Waals surface area contributed by atoms with Gasteiger partial charge >= 0.3 is 11.9 Å². The number of rotatable bonds is 12. The summed E-state index contributed by atoms with van der Waals surface area (Å²) in [6, 6.07) is 8.03. The van der Waals surface area contributed by atoms with E-state index in [1.54, 1.807) is 13.8 Å². The lowest BCUT2D eigenvalue weighted by Gasteiger charge is -2.27. The predicted molar refractivity (Wildman–Crippen MR) is 142 cm³/mol. The normalized spacial score (nSPS) is 14.3. The van der Waals surface area contributed by atoms with Crippen LogP contribution in [0.15, 0.2) is 48.6 Å². The number of ether oxygens (including phenoxy) is 4. The zero-order valence-electron chi connectivity index (χ0n) is 22.0. The van der Waals surface area contributed by atoms with Gasteiger partial charge < -0.3 is 18.9 Å². The van der Waals surface area contributed by atoms with Gasteiger partial charge in [-0.15, -0.1) is 0 Å². The van der Waals surface area contributed by atoms with Crippen LogP contribution in [0, 0.1) is 0 Å². The van der Waals surface area contributed by atoms with Gasteiger partial charge in [-0.3, -0.25) is 0 Å². The standard InChI is InChI=1S/C30H38O6/c1-7-21(35-29(31)19(3)4)17-33-27-23-13-9-11-15-25(23)28(26-16-12-10-14-24(26)27)34-18-22(8-2)36-30(32)20(5)6/h9,11,13,15,21-22H,3,5,7-8,10,12,14,16-18H2,1-2,4,6H3. The minimum absolute atomic E-state index is 0.265. The fourth-order valence-electron chi connectivity index (χ4n) is 4.27. The molecule has 0 aliphatic heterocycles. The Hall–Kier alpha value is -3.28. The zero-order chi connectivity index (χ0) is 26.2. The number of esters is 2. The Morgan fingerprint density at radius 2 is 1.17 bits per heavy atom. The molecule has 6 heteroatoms. The molecule has 0 amide bonds. The summed E-state index contributed by atoms with van der Waals surface area (Å²) in [7, 11) is 0. The van der Waals surface area contributed by atoms with Gasteiger partial charge in [0, 0.05) is 33.0 Å². The molecule has 2 aromatic rings. The van der Waals surface area contributed by atoms with Crippen molar-refractivity contribution >= 4 is 22.7 Å². The van der Waals surface area contributed by atoms with Crippen molar-refractivity contribution in [1.82, 2.24) is 0 Å². The Balaban J connectivity index is 1.92. The van der Waals surface area contributed by atoms with Crippen molar-refractivity contribution in [3.63, 3.8) is 0 Å². The summed E-state index contributed by atoms with van der Waals surface area (Å²) in [6.07, 6.45) is 4.45. The summed E-state index contributed by atoms with van der Waals surface area (Å²) in [5.74, 6) is 0.856. The van der Waals surface area contributed by atoms with Gasteiger partial charge in [0.05, 0.1) is 0 Å². The van der Waals surface area contributed by atoms with Crippen molar-refractivity contribution in [2.45, 2.75) is 78.4 Å². The fourth-order valence-corrected chi connectivity index (χ4v) is 4.27. The lowest BCUT2D eigenvalue weighted by molar-refractivity contribution is -0.146. The minimum atomic E-state index is -0.404. The molecule has 0 N–H and O–H groups in total. The highest BCUT2D eigenvalue weighted by Gasteiger charge is 2.26. The highest BCUT2D eigenvalue weighted by atomic mass is 16.6. The Morgan fingerprint density at radius 3 is 1.50 bits per heavy atom. The maximum absolute atomic E-state index is 12.0. The lowest BCUT2D eigenvalue weighted by Crippen LogP contribution is -2.26. The van der Waals surface area contributed by atoms with E-state index in [2.05, 4.69) is 13.2 Å². The lowest BCUT2D eigenvalue weighted by atomic mass is 9.87. The Morgan fingerprint density at radius 1 is 0.778 bits per heavy atom. The maximum atomic E-state index is 12.0. The molecule has 1 aliphatic carbocycles. The number of fused-ring (bicyclic) bond motifs is 2. The topological polar surface area (TPSA) is 71.1 Å². The van der Waals surface area contributed by atoms with E-state index in [0.717, 1.165) is 59.1 Å². The number of carbonyl (C=O) groups is 2. The van der Waals surface area contributed by atoms with Gasteiger partial charge in [0.25, 0.3) is 0 Å². The van der Waals surface area contributed by atoms with Crippen molar-refractivity contribution < 1.29 is 28.5 Å². The van der Waals surface area contributed by atoms with E-state index in [-0.39, 0.29) is 25.4 Å². The van der Waals surface area contributed by atoms with Crippen molar-refractivity contribution in [3.8, 4) is 11.5 Å². The molecule has 0 aromatic heterocycles. The second-order valence-corrected chi connectivity index (χ2v) is 9.42. The van der Waals surface area contributed by atoms with Crippen LogP contribution in [-0.4, -0.2) is 37.4 Å². The van der Waals surface area contributed by atoms with Crippen LogP contribution in [0.2, 0.25) is 0 Å². The van der Waals surface area contributed by atoms with Crippen LogP contribution in [0.5, 0.6) is 11.5 Å². The smallest absolute Gasteiger partial charge is 0.333 e. The summed E-state index contributed by atoms with van der Waals surface area (Å²) in [5.41, 5.74) is 3.03. The summed E-state index contributed by atoms with van der Waals surface area (Å²) in [5, 5.41) is 1.92. The van der Waals surface area contributed by atoms with Crippen molar-refractivity contribution in [3.05, 3.63) is 59.7 Å². The van der Waals surface area contributed by atoms with Crippen molar-refractivity contribution in [1.29, 1.82) is 0 Å². The highest BCUT2D eigenvalue weighted by Crippen LogP contribution is 2.44. The van der Waals surface area contributed by atoms with E-state index in [4.69, 9.17) is 18.9 Å². The zero-order valence-corrected chi connectivity index (χ0v) is 22.0. The minimum Gasteiger partial charge on any atom is -0.489 e. The van der Waals surface area contributed by atoms with Gasteiger partial charge in [-0.1, -0.05) is 51.3 Å². The van der Waals surface area contributed by atoms with E-state index in [1.165, 1.54) is 0 Å². The van der Waals surface area contributed by atoms with Crippen LogP contribution in [0.1, 0.15) is 64.5 Å². The van der Waals surface area contributed by atoms with Gasteiger partial charge in [0.15, 0.2) is 0 Å². The third-order valence-electron chi connectivity index (χ3n) is 6.41. The van der Waals surface area contributed by atoms with Gasteiger partial charge in [0.2, 0.25) is 0 Å². The summed E-state index contributed by atoms with van der Waals surface area (Å²) >= 11 is 0. The molecular weight excluding hydrogens is 456 g/mol. The molecule has 2 unspecified atom stereocenters. The number of hydrogen-bond acceptors (Lipinski definition) is 6. The molecule has 2 atom stereocenters. The first-order chi connectivity index (χ1) is 17.3. The number of hydrogen-bond donors (Lipinski definition) is 0. The molecule has 3 rings (SSSR count). The van der Waals surface area contributed by atoms with Crippen LogP contribution in [0.3, 0.4) is 0 Å². The Labute approximate surface area is 214 Å². The van der Waals surface area contributed by atoms with E-state index in [1.807, 2.05) is 38.1 Å².